The summed E-state index contributed by atoms with van der Waals surface area (Å²) in [4.78, 5) is 10.3. The normalized spacial score (nSPS) is 35.3. The Morgan fingerprint density at radius 2 is 1.64 bits per heavy atom. The van der Waals surface area contributed by atoms with Crippen LogP contribution in [-0.2, 0) is 6.42 Å². The average Bonchev–Trinajstić information content (AvgIpc) is 3.67. The molecule has 7 aliphatic rings. The molecule has 4 aliphatic carbocycles. The summed E-state index contributed by atoms with van der Waals surface area (Å²) >= 11 is 0. The molecule has 7 nitrogen and oxygen atoms in total. The summed E-state index contributed by atoms with van der Waals surface area (Å²) in [5, 5.41) is 21.8. The van der Waals surface area contributed by atoms with E-state index in [9.17, 15) is 5.41 Å². The zero-order chi connectivity index (χ0) is 31.1. The van der Waals surface area contributed by atoms with Crippen molar-refractivity contribution in [2.75, 3.05) is 39.3 Å². The number of hydrogen-bond acceptors (Lipinski definition) is 3. The van der Waals surface area contributed by atoms with Gasteiger partial charge in [-0.2, -0.15) is 0 Å². The molecule has 0 amide bonds. The number of nitrogens with zero attached hydrogens (tertiary/aromatic N) is 4. The SMILES string of the molecule is CCC[C@@H]1CN([C@H](Cc2ccccc2)CN2CCCC2CN2C(=N)NC[C@H]2CC(C)C)C(=N)N1CC12CC3CC(CC(C3)C1)C2. The Hall–Kier alpha value is -2.28. The van der Waals surface area contributed by atoms with Gasteiger partial charge in [0.25, 0.3) is 0 Å². The second kappa shape index (κ2) is 13.1. The molecule has 4 atom stereocenters. The number of likely N-dealkylation sites (tertiary alicyclic amines) is 1. The first-order valence-corrected chi connectivity index (χ1v) is 18.8. The summed E-state index contributed by atoms with van der Waals surface area (Å²) in [5.41, 5.74) is 1.85. The fourth-order valence-corrected chi connectivity index (χ4v) is 11.3. The summed E-state index contributed by atoms with van der Waals surface area (Å²) in [6.45, 7) is 13.1. The van der Waals surface area contributed by atoms with Crippen LogP contribution >= 0.6 is 0 Å². The summed E-state index contributed by atoms with van der Waals surface area (Å²) in [5.74, 6) is 4.96. The number of guanidine groups is 2. The van der Waals surface area contributed by atoms with Crippen molar-refractivity contribution in [3.63, 3.8) is 0 Å². The molecule has 0 radical (unpaired) electrons. The summed E-state index contributed by atoms with van der Waals surface area (Å²) < 4.78 is 0. The zero-order valence-electron chi connectivity index (χ0n) is 28.5. The lowest BCUT2D eigenvalue weighted by molar-refractivity contribution is -0.0638. The van der Waals surface area contributed by atoms with E-state index in [-0.39, 0.29) is 0 Å². The van der Waals surface area contributed by atoms with Crippen LogP contribution in [0.25, 0.3) is 0 Å². The van der Waals surface area contributed by atoms with Crippen molar-refractivity contribution >= 4 is 11.9 Å². The highest BCUT2D eigenvalue weighted by Gasteiger charge is 2.53. The molecule has 1 aromatic rings. The molecule has 7 fully saturated rings. The van der Waals surface area contributed by atoms with Crippen LogP contribution in [0.5, 0.6) is 0 Å². The Bertz CT molecular complexity index is 1150. The number of hydrogen-bond donors (Lipinski definition) is 3. The Morgan fingerprint density at radius 1 is 0.933 bits per heavy atom. The highest BCUT2D eigenvalue weighted by Crippen LogP contribution is 2.60. The third-order valence-corrected chi connectivity index (χ3v) is 12.8. The molecule has 248 valence electrons. The minimum atomic E-state index is 0.295. The predicted molar refractivity (Wildman–Crippen MR) is 185 cm³/mol. The molecule has 8 rings (SSSR count). The molecule has 3 N–H and O–H groups in total. The maximum absolute atomic E-state index is 9.79. The Morgan fingerprint density at radius 3 is 2.31 bits per heavy atom. The molecule has 45 heavy (non-hydrogen) atoms. The second-order valence-corrected chi connectivity index (χ2v) is 16.8. The van der Waals surface area contributed by atoms with Gasteiger partial charge in [0.15, 0.2) is 11.9 Å². The van der Waals surface area contributed by atoms with Gasteiger partial charge in [-0.3, -0.25) is 15.7 Å². The van der Waals surface area contributed by atoms with Crippen molar-refractivity contribution < 1.29 is 0 Å². The summed E-state index contributed by atoms with van der Waals surface area (Å²) in [7, 11) is 0. The van der Waals surface area contributed by atoms with E-state index >= 15 is 0 Å². The lowest BCUT2D eigenvalue weighted by atomic mass is 9.49. The van der Waals surface area contributed by atoms with E-state index in [0.29, 0.717) is 41.5 Å². The zero-order valence-corrected chi connectivity index (χ0v) is 28.5. The van der Waals surface area contributed by atoms with Crippen LogP contribution in [0.1, 0.15) is 97.0 Å². The van der Waals surface area contributed by atoms with Gasteiger partial charge in [-0.05, 0) is 112 Å². The topological polar surface area (TPSA) is 72.7 Å². The van der Waals surface area contributed by atoms with Gasteiger partial charge in [0, 0.05) is 56.9 Å². The van der Waals surface area contributed by atoms with Gasteiger partial charge in [-0.15, -0.1) is 0 Å². The molecular formula is C38H61N7. The van der Waals surface area contributed by atoms with Crippen LogP contribution in [0.4, 0.5) is 0 Å². The second-order valence-electron chi connectivity index (χ2n) is 16.8. The first-order chi connectivity index (χ1) is 21.8. The molecule has 0 aromatic heterocycles. The van der Waals surface area contributed by atoms with Crippen molar-refractivity contribution in [2.24, 2.45) is 29.1 Å². The van der Waals surface area contributed by atoms with Crippen molar-refractivity contribution in [3.05, 3.63) is 35.9 Å². The van der Waals surface area contributed by atoms with Crippen LogP contribution in [0.3, 0.4) is 0 Å². The van der Waals surface area contributed by atoms with E-state index in [1.165, 1.54) is 69.8 Å². The van der Waals surface area contributed by atoms with Gasteiger partial charge < -0.3 is 20.0 Å². The molecule has 4 saturated carbocycles. The third-order valence-electron chi connectivity index (χ3n) is 12.8. The highest BCUT2D eigenvalue weighted by molar-refractivity contribution is 5.80. The Labute approximate surface area is 273 Å². The maximum Gasteiger partial charge on any atom is 0.194 e. The lowest BCUT2D eigenvalue weighted by Crippen LogP contribution is -2.54. The molecule has 3 saturated heterocycles. The van der Waals surface area contributed by atoms with Gasteiger partial charge in [0.1, 0.15) is 0 Å². The Balaban J connectivity index is 1.10. The number of nitrogens with one attached hydrogen (secondary N) is 3. The van der Waals surface area contributed by atoms with E-state index in [4.69, 9.17) is 5.41 Å². The van der Waals surface area contributed by atoms with Crippen LogP contribution in [0.2, 0.25) is 0 Å². The fraction of sp³-hybridized carbons (Fsp3) is 0.789. The van der Waals surface area contributed by atoms with E-state index in [1.807, 2.05) is 0 Å². The molecule has 3 aliphatic heterocycles. The van der Waals surface area contributed by atoms with Crippen LogP contribution in [0.15, 0.2) is 30.3 Å². The van der Waals surface area contributed by atoms with E-state index in [1.54, 1.807) is 0 Å². The summed E-state index contributed by atoms with van der Waals surface area (Å²) in [6, 6.07) is 12.7. The number of rotatable bonds is 13. The summed E-state index contributed by atoms with van der Waals surface area (Å²) in [6.07, 6.45) is 15.7. The van der Waals surface area contributed by atoms with E-state index in [2.05, 4.69) is 76.0 Å². The third kappa shape index (κ3) is 6.62. The predicted octanol–water partition coefficient (Wildman–Crippen LogP) is 6.25. The van der Waals surface area contributed by atoms with E-state index in [0.717, 1.165) is 75.8 Å². The van der Waals surface area contributed by atoms with Gasteiger partial charge in [-0.1, -0.05) is 57.5 Å². The molecular weight excluding hydrogens is 554 g/mol. The van der Waals surface area contributed by atoms with Crippen molar-refractivity contribution in [3.8, 4) is 0 Å². The fourth-order valence-electron chi connectivity index (χ4n) is 11.3. The molecule has 4 bridgehead atoms. The largest absolute Gasteiger partial charge is 0.354 e. The van der Waals surface area contributed by atoms with Crippen molar-refractivity contribution in [1.29, 1.82) is 10.8 Å². The van der Waals surface area contributed by atoms with Crippen LogP contribution in [-0.4, -0.2) is 95.0 Å². The molecule has 3 heterocycles. The maximum atomic E-state index is 9.79. The molecule has 1 unspecified atom stereocenters. The average molecular weight is 616 g/mol. The van der Waals surface area contributed by atoms with Crippen LogP contribution < -0.4 is 5.32 Å². The van der Waals surface area contributed by atoms with Gasteiger partial charge in [0.2, 0.25) is 0 Å². The highest BCUT2D eigenvalue weighted by atomic mass is 15.5. The van der Waals surface area contributed by atoms with Gasteiger partial charge >= 0.3 is 0 Å². The smallest absolute Gasteiger partial charge is 0.194 e. The monoisotopic (exact) mass is 615 g/mol. The van der Waals surface area contributed by atoms with Crippen LogP contribution in [0, 0.1) is 39.9 Å². The minimum Gasteiger partial charge on any atom is -0.354 e. The van der Waals surface area contributed by atoms with Crippen molar-refractivity contribution in [2.45, 2.75) is 122 Å². The lowest BCUT2D eigenvalue weighted by Gasteiger charge is -2.58. The molecule has 1 aromatic carbocycles. The first kappa shape index (κ1) is 31.3. The molecule has 0 spiro atoms. The Kier molecular flexibility index (Phi) is 9.11. The van der Waals surface area contributed by atoms with Gasteiger partial charge in [0.05, 0.1) is 0 Å². The molecule has 7 heteroatoms. The number of benzene rings is 1. The standard InChI is InChI=1S/C38H61N7/c1-4-9-33-25-44(37(40)45(33)26-38-19-29-15-30(20-38)17-31(16-29)21-38)35(18-28-10-6-5-7-11-28)23-42-13-8-12-32(42)24-43-34(14-27(2)3)22-41-36(43)39/h5-7,10-11,27,29-35,40H,4,8-9,12-26H2,1-3H3,(H2,39,41)/t29?,30?,31?,32?,33-,34-,35-,38?/m1/s1. The minimum absolute atomic E-state index is 0.295. The quantitative estimate of drug-likeness (QED) is 0.245. The van der Waals surface area contributed by atoms with Gasteiger partial charge in [-0.25, -0.2) is 0 Å². The first-order valence-electron chi connectivity index (χ1n) is 18.8. The van der Waals surface area contributed by atoms with E-state index < -0.39 is 0 Å². The van der Waals surface area contributed by atoms with Crippen molar-refractivity contribution in [1.82, 2.24) is 24.9 Å².